The third-order valence-corrected chi connectivity index (χ3v) is 3.70. The van der Waals surface area contributed by atoms with Gasteiger partial charge in [0, 0.05) is 22.0 Å². The quantitative estimate of drug-likeness (QED) is 0.674. The van der Waals surface area contributed by atoms with Gasteiger partial charge in [-0.3, -0.25) is 4.98 Å². The molecule has 0 unspecified atom stereocenters. The molecule has 6 heteroatoms. The van der Waals surface area contributed by atoms with E-state index in [0.29, 0.717) is 10.9 Å². The maximum atomic E-state index is 12.6. The van der Waals surface area contributed by atoms with Crippen LogP contribution in [0.4, 0.5) is 13.2 Å². The number of rotatable bonds is 1. The number of benzene rings is 2. The second-order valence-electron chi connectivity index (χ2n) is 5.25. The molecule has 3 rings (SSSR count). The molecule has 0 aliphatic rings. The van der Waals surface area contributed by atoms with Gasteiger partial charge in [-0.15, -0.1) is 0 Å². The van der Waals surface area contributed by atoms with Crippen LogP contribution in [0.1, 0.15) is 11.1 Å². The first-order chi connectivity index (χ1) is 11.3. The van der Waals surface area contributed by atoms with Crippen LogP contribution in [0.2, 0.25) is 0 Å². The summed E-state index contributed by atoms with van der Waals surface area (Å²) in [5.41, 5.74) is -0.111. The second-order valence-corrected chi connectivity index (χ2v) is 5.25. The molecule has 3 aromatic rings. The molecule has 2 N–H and O–H groups in total. The minimum absolute atomic E-state index is 0.138. The molecule has 2 aromatic carbocycles. The van der Waals surface area contributed by atoms with Crippen molar-refractivity contribution in [2.45, 2.75) is 6.18 Å². The summed E-state index contributed by atoms with van der Waals surface area (Å²) in [4.78, 5) is 4.00. The highest BCUT2D eigenvalue weighted by atomic mass is 19.4. The summed E-state index contributed by atoms with van der Waals surface area (Å²) in [5.74, 6) is -0.317. The Bertz CT molecular complexity index is 1030. The van der Waals surface area contributed by atoms with Gasteiger partial charge < -0.3 is 10.2 Å². The number of alkyl halides is 3. The van der Waals surface area contributed by atoms with Crippen LogP contribution in [0.3, 0.4) is 0 Å². The average molecular weight is 331 g/mol. The molecule has 1 aromatic heterocycles. The molecule has 0 saturated carbocycles. The van der Waals surface area contributed by atoms with E-state index < -0.39 is 11.7 Å². The van der Waals surface area contributed by atoms with E-state index in [9.17, 15) is 23.4 Å². The van der Waals surface area contributed by atoms with E-state index in [0.717, 1.165) is 12.1 Å². The highest BCUT2D eigenvalue weighted by molar-refractivity contribution is 5.90. The minimum Gasteiger partial charge on any atom is -0.507 e. The molecule has 0 aliphatic carbocycles. The van der Waals surface area contributed by atoms with Crippen molar-refractivity contribution in [1.29, 1.82) is 0 Å². The number of aromatic nitrogens is 1. The molecule has 0 aliphatic heterocycles. The first-order valence-corrected chi connectivity index (χ1v) is 6.95. The molecule has 0 atom stereocenters. The van der Waals surface area contributed by atoms with Crippen molar-refractivity contribution in [1.82, 2.24) is 4.98 Å². The van der Waals surface area contributed by atoms with Gasteiger partial charge >= 0.3 is 6.18 Å². The van der Waals surface area contributed by atoms with Gasteiger partial charge in [0.15, 0.2) is 0 Å². The van der Waals surface area contributed by atoms with E-state index in [1.807, 2.05) is 0 Å². The van der Waals surface area contributed by atoms with Crippen molar-refractivity contribution in [3.8, 4) is 11.5 Å². The van der Waals surface area contributed by atoms with E-state index in [1.165, 1.54) is 24.4 Å². The van der Waals surface area contributed by atoms with Gasteiger partial charge in [-0.25, -0.2) is 0 Å². The number of hydrogen-bond donors (Lipinski definition) is 2. The molecule has 3 nitrogen and oxygen atoms in total. The van der Waals surface area contributed by atoms with Crippen LogP contribution in [0, 0.1) is 0 Å². The van der Waals surface area contributed by atoms with Crippen LogP contribution < -0.4 is 10.4 Å². The van der Waals surface area contributed by atoms with E-state index in [4.69, 9.17) is 0 Å². The summed E-state index contributed by atoms with van der Waals surface area (Å²) in [7, 11) is 0. The maximum Gasteiger partial charge on any atom is 0.416 e. The third-order valence-electron chi connectivity index (χ3n) is 3.70. The Morgan fingerprint density at radius 2 is 1.67 bits per heavy atom. The number of fused-ring (bicyclic) bond motifs is 1. The number of phenolic OH excluding ortho intramolecular Hbond substituents is 2. The summed E-state index contributed by atoms with van der Waals surface area (Å²) in [5, 5.41) is 21.3. The number of halogens is 3. The summed E-state index contributed by atoms with van der Waals surface area (Å²) < 4.78 is 37.8. The lowest BCUT2D eigenvalue weighted by Gasteiger charge is -2.07. The fourth-order valence-corrected chi connectivity index (χ4v) is 2.43. The average Bonchev–Trinajstić information content (AvgIpc) is 2.56. The first-order valence-electron chi connectivity index (χ1n) is 6.95. The predicted octanol–water partition coefficient (Wildman–Crippen LogP) is 2.90. The standard InChI is InChI=1S/C18H12F3NO2/c1-10-14(9-11-4-6-12(7-5-11)18(19,20)21)17(24)13-3-2-8-22-15(13)16(10)23/h2-9,23-24H,1H2/b14-9+. The van der Waals surface area contributed by atoms with Crippen molar-refractivity contribution >= 4 is 23.6 Å². The Labute approximate surface area is 134 Å². The zero-order valence-corrected chi connectivity index (χ0v) is 12.3. The van der Waals surface area contributed by atoms with Crippen LogP contribution in [0.25, 0.3) is 23.6 Å². The zero-order chi connectivity index (χ0) is 17.5. The number of pyridine rings is 1. The summed E-state index contributed by atoms with van der Waals surface area (Å²) in [6.45, 7) is 3.72. The number of aromatic hydroxyl groups is 2. The number of phenols is 2. The van der Waals surface area contributed by atoms with Gasteiger partial charge in [0.25, 0.3) is 0 Å². The summed E-state index contributed by atoms with van der Waals surface area (Å²) >= 11 is 0. The van der Waals surface area contributed by atoms with Crippen LogP contribution in [-0.2, 0) is 6.18 Å². The van der Waals surface area contributed by atoms with E-state index in [-0.39, 0.29) is 27.5 Å². The molecule has 24 heavy (non-hydrogen) atoms. The fourth-order valence-electron chi connectivity index (χ4n) is 2.43. The lowest BCUT2D eigenvalue weighted by molar-refractivity contribution is -0.137. The molecule has 0 radical (unpaired) electrons. The van der Waals surface area contributed by atoms with E-state index in [1.54, 1.807) is 12.1 Å². The van der Waals surface area contributed by atoms with Crippen molar-refractivity contribution in [3.05, 3.63) is 64.2 Å². The van der Waals surface area contributed by atoms with E-state index >= 15 is 0 Å². The molecule has 0 spiro atoms. The van der Waals surface area contributed by atoms with Gasteiger partial charge in [0.1, 0.15) is 17.0 Å². The summed E-state index contributed by atoms with van der Waals surface area (Å²) in [6.07, 6.45) is -1.48. The Morgan fingerprint density at radius 3 is 2.29 bits per heavy atom. The topological polar surface area (TPSA) is 53.4 Å². The Hall–Kier alpha value is -3.02. The van der Waals surface area contributed by atoms with Crippen LogP contribution in [0.5, 0.6) is 11.5 Å². The Balaban J connectivity index is 2.23. The number of hydrogen-bond acceptors (Lipinski definition) is 3. The Kier molecular flexibility index (Phi) is 3.67. The molecule has 122 valence electrons. The Morgan fingerprint density at radius 1 is 1.00 bits per heavy atom. The molecular formula is C18H12F3NO2. The first kappa shape index (κ1) is 15.9. The van der Waals surface area contributed by atoms with Gasteiger partial charge in [-0.2, -0.15) is 13.2 Å². The molecule has 0 amide bonds. The number of nitrogens with zero attached hydrogens (tertiary/aromatic N) is 1. The lowest BCUT2D eigenvalue weighted by atomic mass is 10.1. The second kappa shape index (κ2) is 5.56. The van der Waals surface area contributed by atoms with E-state index in [2.05, 4.69) is 11.6 Å². The van der Waals surface area contributed by atoms with Crippen LogP contribution in [-0.4, -0.2) is 15.2 Å². The van der Waals surface area contributed by atoms with Gasteiger partial charge in [0.05, 0.1) is 5.56 Å². The van der Waals surface area contributed by atoms with Gasteiger partial charge in [-0.05, 0) is 35.9 Å². The third kappa shape index (κ3) is 2.67. The zero-order valence-electron chi connectivity index (χ0n) is 12.3. The lowest BCUT2D eigenvalue weighted by Crippen LogP contribution is -2.24. The maximum absolute atomic E-state index is 12.6. The van der Waals surface area contributed by atoms with Gasteiger partial charge in [0.2, 0.25) is 0 Å². The predicted molar refractivity (Wildman–Crippen MR) is 84.9 cm³/mol. The van der Waals surface area contributed by atoms with Crippen molar-refractivity contribution < 1.29 is 23.4 Å². The molecule has 0 bridgehead atoms. The largest absolute Gasteiger partial charge is 0.507 e. The summed E-state index contributed by atoms with van der Waals surface area (Å²) in [6, 6.07) is 7.66. The molecular weight excluding hydrogens is 319 g/mol. The SMILES string of the molecule is C=c1c(O)c2ncccc2c(O)/c1=C/c1ccc(C(F)(F)F)cc1. The van der Waals surface area contributed by atoms with Crippen molar-refractivity contribution in [2.75, 3.05) is 0 Å². The molecule has 0 saturated heterocycles. The van der Waals surface area contributed by atoms with Crippen molar-refractivity contribution in [3.63, 3.8) is 0 Å². The van der Waals surface area contributed by atoms with Gasteiger partial charge in [-0.1, -0.05) is 18.7 Å². The normalized spacial score (nSPS) is 12.7. The fraction of sp³-hybridized carbons (Fsp3) is 0.0556. The smallest absolute Gasteiger partial charge is 0.416 e. The van der Waals surface area contributed by atoms with Crippen LogP contribution >= 0.6 is 0 Å². The highest BCUT2D eigenvalue weighted by Crippen LogP contribution is 2.29. The molecule has 1 heterocycles. The minimum atomic E-state index is -4.41. The van der Waals surface area contributed by atoms with Crippen LogP contribution in [0.15, 0.2) is 42.6 Å². The monoisotopic (exact) mass is 331 g/mol. The molecule has 0 fully saturated rings. The highest BCUT2D eigenvalue weighted by Gasteiger charge is 2.29. The van der Waals surface area contributed by atoms with Crippen molar-refractivity contribution in [2.24, 2.45) is 0 Å².